The predicted molar refractivity (Wildman–Crippen MR) is 66.9 cm³/mol. The number of aryl methyl sites for hydroxylation is 1. The fourth-order valence-corrected chi connectivity index (χ4v) is 2.24. The van der Waals surface area contributed by atoms with Crippen molar-refractivity contribution in [3.63, 3.8) is 0 Å². The molecule has 0 saturated heterocycles. The summed E-state index contributed by atoms with van der Waals surface area (Å²) in [5.74, 6) is 0.666. The molecule has 0 spiro atoms. The topological polar surface area (TPSA) is 61.0 Å². The van der Waals surface area contributed by atoms with E-state index < -0.39 is 0 Å². The molecule has 0 radical (unpaired) electrons. The Morgan fingerprint density at radius 3 is 2.94 bits per heavy atom. The van der Waals surface area contributed by atoms with E-state index in [-0.39, 0.29) is 12.1 Å². The zero-order valence-electron chi connectivity index (χ0n) is 10.4. The van der Waals surface area contributed by atoms with Crippen LogP contribution in [0.2, 0.25) is 0 Å². The molecule has 1 aliphatic carbocycles. The Balaban J connectivity index is 2.02. The van der Waals surface area contributed by atoms with Gasteiger partial charge in [-0.3, -0.25) is 0 Å². The Hall–Kier alpha value is -1.16. The number of nitrogens with zero attached hydrogens (tertiary/aromatic N) is 2. The summed E-state index contributed by atoms with van der Waals surface area (Å²) >= 11 is 0. The molecule has 4 heteroatoms. The van der Waals surface area contributed by atoms with Crippen molar-refractivity contribution in [2.45, 2.75) is 57.6 Å². The van der Waals surface area contributed by atoms with Crippen molar-refractivity contribution in [3.05, 3.63) is 18.1 Å². The van der Waals surface area contributed by atoms with Gasteiger partial charge in [-0.1, -0.05) is 19.8 Å². The van der Waals surface area contributed by atoms with Crippen molar-refractivity contribution in [1.29, 1.82) is 0 Å². The summed E-state index contributed by atoms with van der Waals surface area (Å²) < 4.78 is 5.91. The summed E-state index contributed by atoms with van der Waals surface area (Å²) in [4.78, 5) is 8.32. The lowest BCUT2D eigenvalue weighted by Gasteiger charge is -2.22. The maximum atomic E-state index is 6.13. The molecule has 0 aliphatic heterocycles. The molecule has 94 valence electrons. The lowest BCUT2D eigenvalue weighted by atomic mass is 10.1. The maximum absolute atomic E-state index is 6.13. The van der Waals surface area contributed by atoms with Crippen LogP contribution >= 0.6 is 0 Å². The molecule has 1 heterocycles. The van der Waals surface area contributed by atoms with E-state index >= 15 is 0 Å². The first kappa shape index (κ1) is 12.3. The molecule has 1 aromatic rings. The molecule has 0 bridgehead atoms. The molecule has 2 atom stereocenters. The van der Waals surface area contributed by atoms with Crippen molar-refractivity contribution in [3.8, 4) is 5.88 Å². The van der Waals surface area contributed by atoms with Crippen molar-refractivity contribution in [2.75, 3.05) is 0 Å². The lowest BCUT2D eigenvalue weighted by Crippen LogP contribution is -2.38. The summed E-state index contributed by atoms with van der Waals surface area (Å²) in [6, 6.07) is 2.05. The van der Waals surface area contributed by atoms with Gasteiger partial charge in [0, 0.05) is 17.8 Å². The van der Waals surface area contributed by atoms with Crippen LogP contribution in [0.3, 0.4) is 0 Å². The Bertz CT molecular complexity index is 356. The molecule has 2 unspecified atom stereocenters. The Labute approximate surface area is 103 Å². The van der Waals surface area contributed by atoms with E-state index in [9.17, 15) is 0 Å². The summed E-state index contributed by atoms with van der Waals surface area (Å²) in [7, 11) is 0. The second-order valence-corrected chi connectivity index (χ2v) is 4.66. The zero-order valence-corrected chi connectivity index (χ0v) is 10.4. The minimum absolute atomic E-state index is 0.108. The van der Waals surface area contributed by atoms with E-state index in [0.29, 0.717) is 5.88 Å². The van der Waals surface area contributed by atoms with E-state index in [1.807, 2.05) is 6.07 Å². The third kappa shape index (κ3) is 3.40. The van der Waals surface area contributed by atoms with Gasteiger partial charge in [-0.15, -0.1) is 0 Å². The van der Waals surface area contributed by atoms with Gasteiger partial charge in [-0.05, 0) is 25.7 Å². The van der Waals surface area contributed by atoms with Crippen LogP contribution < -0.4 is 10.5 Å². The Morgan fingerprint density at radius 2 is 2.12 bits per heavy atom. The highest BCUT2D eigenvalue weighted by molar-refractivity contribution is 5.14. The average molecular weight is 235 g/mol. The summed E-state index contributed by atoms with van der Waals surface area (Å²) in [5, 5.41) is 0. The summed E-state index contributed by atoms with van der Waals surface area (Å²) in [5.41, 5.74) is 7.14. The Morgan fingerprint density at radius 1 is 1.29 bits per heavy atom. The highest BCUT2D eigenvalue weighted by Gasteiger charge is 2.22. The van der Waals surface area contributed by atoms with Crippen LogP contribution in [0.5, 0.6) is 5.88 Å². The molecule has 2 rings (SSSR count). The summed E-state index contributed by atoms with van der Waals surface area (Å²) in [6.45, 7) is 2.07. The SMILES string of the molecule is CCc1cc(OC2CCCCCC2N)ncn1. The maximum Gasteiger partial charge on any atom is 0.216 e. The van der Waals surface area contributed by atoms with Crippen molar-refractivity contribution < 1.29 is 4.74 Å². The first-order valence-corrected chi connectivity index (χ1v) is 6.52. The number of hydrogen-bond acceptors (Lipinski definition) is 4. The third-order valence-corrected chi connectivity index (χ3v) is 3.34. The van der Waals surface area contributed by atoms with Gasteiger partial charge in [0.2, 0.25) is 5.88 Å². The van der Waals surface area contributed by atoms with Gasteiger partial charge in [0.25, 0.3) is 0 Å². The van der Waals surface area contributed by atoms with E-state index in [0.717, 1.165) is 25.0 Å². The van der Waals surface area contributed by atoms with Crippen LogP contribution in [0, 0.1) is 0 Å². The first-order valence-electron chi connectivity index (χ1n) is 6.52. The molecule has 0 amide bonds. The van der Waals surface area contributed by atoms with Crippen LogP contribution in [0.4, 0.5) is 0 Å². The van der Waals surface area contributed by atoms with Crippen LogP contribution in [0.15, 0.2) is 12.4 Å². The zero-order chi connectivity index (χ0) is 12.1. The van der Waals surface area contributed by atoms with Gasteiger partial charge in [-0.2, -0.15) is 0 Å². The second-order valence-electron chi connectivity index (χ2n) is 4.66. The molecule has 2 N–H and O–H groups in total. The standard InChI is InChI=1S/C13H21N3O/c1-2-10-8-13(16-9-15-10)17-12-7-5-3-4-6-11(12)14/h8-9,11-12H,2-7,14H2,1H3. The van der Waals surface area contributed by atoms with Gasteiger partial charge in [-0.25, -0.2) is 9.97 Å². The van der Waals surface area contributed by atoms with E-state index in [1.54, 1.807) is 6.33 Å². The van der Waals surface area contributed by atoms with E-state index in [4.69, 9.17) is 10.5 Å². The van der Waals surface area contributed by atoms with Gasteiger partial charge >= 0.3 is 0 Å². The van der Waals surface area contributed by atoms with Crippen LogP contribution in [-0.2, 0) is 6.42 Å². The molecule has 1 saturated carbocycles. The van der Waals surface area contributed by atoms with Crippen LogP contribution in [0.25, 0.3) is 0 Å². The van der Waals surface area contributed by atoms with Gasteiger partial charge in [0.05, 0.1) is 0 Å². The molecule has 1 aliphatic rings. The normalized spacial score (nSPS) is 25.3. The Kier molecular flexibility index (Phi) is 4.31. The molecular weight excluding hydrogens is 214 g/mol. The molecule has 17 heavy (non-hydrogen) atoms. The smallest absolute Gasteiger partial charge is 0.216 e. The van der Waals surface area contributed by atoms with Crippen molar-refractivity contribution >= 4 is 0 Å². The number of hydrogen-bond donors (Lipinski definition) is 1. The van der Waals surface area contributed by atoms with Crippen molar-refractivity contribution in [1.82, 2.24) is 9.97 Å². The van der Waals surface area contributed by atoms with Crippen LogP contribution in [-0.4, -0.2) is 22.1 Å². The monoisotopic (exact) mass is 235 g/mol. The quantitative estimate of drug-likeness (QED) is 0.815. The number of rotatable bonds is 3. The minimum atomic E-state index is 0.108. The molecule has 1 aromatic heterocycles. The highest BCUT2D eigenvalue weighted by Crippen LogP contribution is 2.21. The average Bonchev–Trinajstić information content (AvgIpc) is 2.55. The van der Waals surface area contributed by atoms with Crippen molar-refractivity contribution in [2.24, 2.45) is 5.73 Å². The number of nitrogens with two attached hydrogens (primary N) is 1. The van der Waals surface area contributed by atoms with E-state index in [2.05, 4.69) is 16.9 Å². The largest absolute Gasteiger partial charge is 0.473 e. The molecule has 4 nitrogen and oxygen atoms in total. The fourth-order valence-electron chi connectivity index (χ4n) is 2.24. The third-order valence-electron chi connectivity index (χ3n) is 3.34. The first-order chi connectivity index (χ1) is 8.29. The summed E-state index contributed by atoms with van der Waals surface area (Å²) in [6.07, 6.45) is 8.33. The molecular formula is C13H21N3O. The molecule has 1 fully saturated rings. The second kappa shape index (κ2) is 5.96. The number of aromatic nitrogens is 2. The van der Waals surface area contributed by atoms with Gasteiger partial charge < -0.3 is 10.5 Å². The van der Waals surface area contributed by atoms with Gasteiger partial charge in [0.1, 0.15) is 12.4 Å². The lowest BCUT2D eigenvalue weighted by molar-refractivity contribution is 0.155. The number of ether oxygens (including phenoxy) is 1. The van der Waals surface area contributed by atoms with Gasteiger partial charge in [0.15, 0.2) is 0 Å². The predicted octanol–water partition coefficient (Wildman–Crippen LogP) is 2.08. The van der Waals surface area contributed by atoms with E-state index in [1.165, 1.54) is 19.3 Å². The minimum Gasteiger partial charge on any atom is -0.473 e. The van der Waals surface area contributed by atoms with Crippen LogP contribution in [0.1, 0.15) is 44.7 Å². The molecule has 0 aromatic carbocycles. The fraction of sp³-hybridized carbons (Fsp3) is 0.692. The highest BCUT2D eigenvalue weighted by atomic mass is 16.5.